The van der Waals surface area contributed by atoms with Crippen molar-refractivity contribution in [2.45, 2.75) is 17.2 Å². The van der Waals surface area contributed by atoms with Crippen LogP contribution in [-0.2, 0) is 22.5 Å². The molecular weight excluding hydrogens is 566 g/mol. The van der Waals surface area contributed by atoms with E-state index < -0.39 is 50.0 Å². The lowest BCUT2D eigenvalue weighted by Crippen LogP contribution is -2.08. The third-order valence-corrected chi connectivity index (χ3v) is 6.36. The highest BCUT2D eigenvalue weighted by molar-refractivity contribution is 7.86. The summed E-state index contributed by atoms with van der Waals surface area (Å²) >= 11 is 0. The number of halogens is 6. The Hall–Kier alpha value is -4.43. The van der Waals surface area contributed by atoms with Crippen molar-refractivity contribution in [3.05, 3.63) is 90.0 Å². The van der Waals surface area contributed by atoms with Crippen molar-refractivity contribution in [1.29, 1.82) is 0 Å². The molecule has 0 aliphatic heterocycles. The second-order valence-electron chi connectivity index (χ2n) is 8.37. The maximum absolute atomic E-state index is 13.4. The summed E-state index contributed by atoms with van der Waals surface area (Å²) in [6.45, 7) is 0. The molecule has 0 spiro atoms. The topological polar surface area (TPSA) is 125 Å². The Balaban J connectivity index is 1.67. The predicted molar refractivity (Wildman–Crippen MR) is 134 cm³/mol. The molecule has 0 aliphatic rings. The van der Waals surface area contributed by atoms with E-state index in [1.807, 2.05) is 0 Å². The van der Waals surface area contributed by atoms with Crippen molar-refractivity contribution in [3.63, 3.8) is 0 Å². The SMILES string of the molecule is Nc1ccc(Oc2ccc(-c3ccc(Oc4ccc(N)cc4C(F)(F)F)cc3S(=O)(=O)O)cc2)c(C(F)(F)F)c1. The van der Waals surface area contributed by atoms with Crippen LogP contribution in [0.5, 0.6) is 23.0 Å². The molecule has 0 bridgehead atoms. The molecular formula is C26H18F6N2O5S. The summed E-state index contributed by atoms with van der Waals surface area (Å²) in [5.41, 5.74) is 8.40. The van der Waals surface area contributed by atoms with Gasteiger partial charge in [0.15, 0.2) is 0 Å². The first kappa shape index (κ1) is 28.6. The number of rotatable bonds is 6. The smallest absolute Gasteiger partial charge is 0.420 e. The first-order valence-corrected chi connectivity index (χ1v) is 12.5. The number of anilines is 2. The lowest BCUT2D eigenvalue weighted by Gasteiger charge is -2.16. The van der Waals surface area contributed by atoms with Gasteiger partial charge in [0, 0.05) is 23.0 Å². The molecule has 0 heterocycles. The van der Waals surface area contributed by atoms with Crippen molar-refractivity contribution in [1.82, 2.24) is 0 Å². The molecule has 4 aromatic rings. The van der Waals surface area contributed by atoms with Gasteiger partial charge in [0.2, 0.25) is 0 Å². The normalized spacial score (nSPS) is 12.3. The molecule has 210 valence electrons. The van der Waals surface area contributed by atoms with Gasteiger partial charge in [-0.3, -0.25) is 4.55 Å². The Kier molecular flexibility index (Phi) is 7.34. The molecule has 14 heteroatoms. The number of benzene rings is 4. The van der Waals surface area contributed by atoms with E-state index >= 15 is 0 Å². The second-order valence-corrected chi connectivity index (χ2v) is 9.76. The first-order chi connectivity index (χ1) is 18.5. The average molecular weight is 584 g/mol. The van der Waals surface area contributed by atoms with Gasteiger partial charge in [0.05, 0.1) is 0 Å². The number of alkyl halides is 6. The van der Waals surface area contributed by atoms with E-state index in [1.54, 1.807) is 0 Å². The van der Waals surface area contributed by atoms with Gasteiger partial charge in [-0.1, -0.05) is 12.1 Å². The van der Waals surface area contributed by atoms with Gasteiger partial charge in [-0.15, -0.1) is 0 Å². The van der Waals surface area contributed by atoms with E-state index in [4.69, 9.17) is 20.9 Å². The van der Waals surface area contributed by atoms with Crippen LogP contribution in [0.1, 0.15) is 11.1 Å². The maximum atomic E-state index is 13.4. The van der Waals surface area contributed by atoms with Crippen molar-refractivity contribution >= 4 is 21.5 Å². The lowest BCUT2D eigenvalue weighted by molar-refractivity contribution is -0.139. The summed E-state index contributed by atoms with van der Waals surface area (Å²) in [4.78, 5) is -0.694. The van der Waals surface area contributed by atoms with Gasteiger partial charge in [-0.05, 0) is 66.2 Å². The third kappa shape index (κ3) is 6.40. The molecule has 0 atom stereocenters. The zero-order valence-electron chi connectivity index (χ0n) is 19.9. The highest BCUT2D eigenvalue weighted by atomic mass is 32.2. The summed E-state index contributed by atoms with van der Waals surface area (Å²) in [6, 6.07) is 14.1. The van der Waals surface area contributed by atoms with Gasteiger partial charge in [0.1, 0.15) is 39.0 Å². The van der Waals surface area contributed by atoms with Gasteiger partial charge >= 0.3 is 12.4 Å². The highest BCUT2D eigenvalue weighted by Gasteiger charge is 2.36. The first-order valence-electron chi connectivity index (χ1n) is 11.0. The molecule has 0 aliphatic carbocycles. The summed E-state index contributed by atoms with van der Waals surface area (Å²) in [5, 5.41) is 0. The van der Waals surface area contributed by atoms with Crippen molar-refractivity contribution in [2.24, 2.45) is 0 Å². The Labute approximate surface area is 223 Å². The molecule has 0 amide bonds. The molecule has 0 aromatic heterocycles. The average Bonchev–Trinajstić information content (AvgIpc) is 2.85. The standard InChI is InChI=1S/C26H18F6N2O5S/c27-25(28,29)20-11-15(33)3-9-22(20)38-17-5-1-14(2-6-17)19-8-7-18(13-24(19)40(35,36)37)39-23-10-4-16(34)12-21(23)26(30,31)32/h1-13H,33-34H2,(H,35,36,37). The molecule has 0 unspecified atom stereocenters. The number of hydrogen-bond acceptors (Lipinski definition) is 6. The zero-order valence-corrected chi connectivity index (χ0v) is 20.7. The fourth-order valence-corrected chi connectivity index (χ4v) is 4.42. The minimum atomic E-state index is -4.92. The van der Waals surface area contributed by atoms with Crippen LogP contribution >= 0.6 is 0 Å². The zero-order chi connectivity index (χ0) is 29.5. The third-order valence-electron chi connectivity index (χ3n) is 5.47. The van der Waals surface area contributed by atoms with E-state index in [9.17, 15) is 39.3 Å². The lowest BCUT2D eigenvalue weighted by atomic mass is 10.1. The van der Waals surface area contributed by atoms with Gasteiger partial charge in [-0.2, -0.15) is 34.8 Å². The molecule has 0 fully saturated rings. The van der Waals surface area contributed by atoms with Crippen LogP contribution in [0.15, 0.2) is 83.8 Å². The van der Waals surface area contributed by atoms with E-state index in [2.05, 4.69) is 0 Å². The Morgan fingerprint density at radius 3 is 1.52 bits per heavy atom. The van der Waals surface area contributed by atoms with E-state index in [-0.39, 0.29) is 34.0 Å². The van der Waals surface area contributed by atoms with E-state index in [0.717, 1.165) is 24.3 Å². The minimum Gasteiger partial charge on any atom is -0.457 e. The number of nitrogen functional groups attached to an aromatic ring is 2. The molecule has 4 rings (SSSR count). The predicted octanol–water partition coefficient (Wildman–Crippen LogP) is 7.39. The maximum Gasteiger partial charge on any atom is 0.420 e. The number of nitrogens with two attached hydrogens (primary N) is 2. The van der Waals surface area contributed by atoms with Crippen LogP contribution in [0.2, 0.25) is 0 Å². The van der Waals surface area contributed by atoms with E-state index in [0.29, 0.717) is 12.1 Å². The van der Waals surface area contributed by atoms with Crippen molar-refractivity contribution in [2.75, 3.05) is 11.5 Å². The Morgan fingerprint density at radius 2 is 1.07 bits per heavy atom. The summed E-state index contributed by atoms with van der Waals surface area (Å²) in [7, 11) is -4.92. The summed E-state index contributed by atoms with van der Waals surface area (Å²) < 4.78 is 125. The fraction of sp³-hybridized carbons (Fsp3) is 0.0769. The molecule has 0 saturated carbocycles. The molecule has 0 radical (unpaired) electrons. The number of hydrogen-bond donors (Lipinski definition) is 3. The summed E-state index contributed by atoms with van der Waals surface area (Å²) in [5.74, 6) is -1.54. The highest BCUT2D eigenvalue weighted by Crippen LogP contribution is 2.42. The molecule has 5 N–H and O–H groups in total. The Morgan fingerprint density at radius 1 is 0.625 bits per heavy atom. The second kappa shape index (κ2) is 10.3. The van der Waals surface area contributed by atoms with Gasteiger partial charge in [-0.25, -0.2) is 0 Å². The van der Waals surface area contributed by atoms with Gasteiger partial charge < -0.3 is 20.9 Å². The Bertz CT molecular complexity index is 1670. The van der Waals surface area contributed by atoms with Gasteiger partial charge in [0.25, 0.3) is 10.1 Å². The molecule has 0 saturated heterocycles. The summed E-state index contributed by atoms with van der Waals surface area (Å²) in [6.07, 6.45) is -9.57. The minimum absolute atomic E-state index is 0.0320. The van der Waals surface area contributed by atoms with Crippen LogP contribution in [0.4, 0.5) is 37.7 Å². The fourth-order valence-electron chi connectivity index (χ4n) is 3.69. The van der Waals surface area contributed by atoms with Crippen LogP contribution in [-0.4, -0.2) is 13.0 Å². The van der Waals surface area contributed by atoms with Crippen molar-refractivity contribution in [3.8, 4) is 34.1 Å². The largest absolute Gasteiger partial charge is 0.457 e. The molecule has 4 aromatic carbocycles. The van der Waals surface area contributed by atoms with Crippen LogP contribution in [0.3, 0.4) is 0 Å². The van der Waals surface area contributed by atoms with E-state index in [1.165, 1.54) is 42.5 Å². The van der Waals surface area contributed by atoms with Crippen LogP contribution in [0.25, 0.3) is 11.1 Å². The quantitative estimate of drug-likeness (QED) is 0.123. The van der Waals surface area contributed by atoms with Crippen molar-refractivity contribution < 1.29 is 48.8 Å². The number of ether oxygens (including phenoxy) is 2. The van der Waals surface area contributed by atoms with Crippen LogP contribution in [0, 0.1) is 0 Å². The molecule has 7 nitrogen and oxygen atoms in total. The monoisotopic (exact) mass is 584 g/mol. The molecule has 40 heavy (non-hydrogen) atoms. The van der Waals surface area contributed by atoms with Crippen LogP contribution < -0.4 is 20.9 Å².